The van der Waals surface area contributed by atoms with Gasteiger partial charge in [-0.1, -0.05) is 42.5 Å². The topological polar surface area (TPSA) is 46.2 Å². The highest BCUT2D eigenvalue weighted by atomic mass is 32.2. The van der Waals surface area contributed by atoms with Gasteiger partial charge in [-0.3, -0.25) is 0 Å². The summed E-state index contributed by atoms with van der Waals surface area (Å²) in [6.45, 7) is 3.86. The number of benzene rings is 2. The second-order valence-electron chi connectivity index (χ2n) is 5.29. The third-order valence-corrected chi connectivity index (χ3v) is 5.64. The molecule has 21 heavy (non-hydrogen) atoms. The van der Waals surface area contributed by atoms with Crippen LogP contribution in [0.4, 0.5) is 5.69 Å². The molecule has 3 nitrogen and oxygen atoms in total. The Morgan fingerprint density at radius 2 is 1.48 bits per heavy atom. The third kappa shape index (κ3) is 4.33. The Morgan fingerprint density at radius 1 is 0.905 bits per heavy atom. The summed E-state index contributed by atoms with van der Waals surface area (Å²) < 4.78 is 23.4. The molecule has 0 atom stereocenters. The van der Waals surface area contributed by atoms with Crippen LogP contribution in [0.5, 0.6) is 0 Å². The molecule has 0 bridgehead atoms. The molecule has 0 radical (unpaired) electrons. The summed E-state index contributed by atoms with van der Waals surface area (Å²) in [5, 5.41) is 2.84. The highest BCUT2D eigenvalue weighted by Crippen LogP contribution is 2.20. The van der Waals surface area contributed by atoms with E-state index in [9.17, 15) is 8.42 Å². The number of hydrogen-bond acceptors (Lipinski definition) is 3. The quantitative estimate of drug-likeness (QED) is 0.887. The number of anilines is 1. The summed E-state index contributed by atoms with van der Waals surface area (Å²) in [4.78, 5) is 0. The second kappa shape index (κ2) is 6.76. The molecule has 0 aliphatic heterocycles. The van der Waals surface area contributed by atoms with Crippen molar-refractivity contribution in [3.8, 4) is 11.1 Å². The summed E-state index contributed by atoms with van der Waals surface area (Å²) in [5.74, 6) is 0.158. The Balaban J connectivity index is 1.95. The second-order valence-corrected chi connectivity index (χ2v) is 7.96. The van der Waals surface area contributed by atoms with Gasteiger partial charge in [-0.25, -0.2) is 8.42 Å². The van der Waals surface area contributed by atoms with Gasteiger partial charge < -0.3 is 5.32 Å². The van der Waals surface area contributed by atoms with E-state index >= 15 is 0 Å². The van der Waals surface area contributed by atoms with Crippen LogP contribution in [0.2, 0.25) is 0 Å². The maximum atomic E-state index is 11.7. The highest BCUT2D eigenvalue weighted by Gasteiger charge is 2.14. The average molecular weight is 303 g/mol. The van der Waals surface area contributed by atoms with Gasteiger partial charge in [-0.05, 0) is 37.1 Å². The van der Waals surface area contributed by atoms with E-state index in [4.69, 9.17) is 0 Å². The molecule has 0 spiro atoms. The van der Waals surface area contributed by atoms with Crippen molar-refractivity contribution in [2.45, 2.75) is 19.1 Å². The van der Waals surface area contributed by atoms with E-state index in [0.29, 0.717) is 6.54 Å². The SMILES string of the molecule is CC(C)S(=O)(=O)CCNc1ccc(-c2ccccc2)cc1. The van der Waals surface area contributed by atoms with Crippen LogP contribution >= 0.6 is 0 Å². The van der Waals surface area contributed by atoms with E-state index in [-0.39, 0.29) is 11.0 Å². The monoisotopic (exact) mass is 303 g/mol. The molecule has 0 saturated carbocycles. The molecule has 0 aromatic heterocycles. The maximum Gasteiger partial charge on any atom is 0.154 e. The first-order chi connectivity index (χ1) is 9.99. The molecule has 4 heteroatoms. The van der Waals surface area contributed by atoms with Gasteiger partial charge in [0.2, 0.25) is 0 Å². The van der Waals surface area contributed by atoms with Gasteiger partial charge >= 0.3 is 0 Å². The summed E-state index contributed by atoms with van der Waals surface area (Å²) in [6, 6.07) is 18.2. The molecule has 2 aromatic rings. The summed E-state index contributed by atoms with van der Waals surface area (Å²) in [6.07, 6.45) is 0. The summed E-state index contributed by atoms with van der Waals surface area (Å²) in [5.41, 5.74) is 3.26. The molecule has 0 fully saturated rings. The average Bonchev–Trinajstić information content (AvgIpc) is 2.48. The van der Waals surface area contributed by atoms with Crippen molar-refractivity contribution >= 4 is 15.5 Å². The van der Waals surface area contributed by atoms with Crippen molar-refractivity contribution < 1.29 is 8.42 Å². The van der Waals surface area contributed by atoms with E-state index < -0.39 is 9.84 Å². The molecule has 0 aliphatic rings. The van der Waals surface area contributed by atoms with Crippen LogP contribution in [0, 0.1) is 0 Å². The minimum atomic E-state index is -2.98. The lowest BCUT2D eigenvalue weighted by Gasteiger charge is -2.10. The molecule has 2 rings (SSSR count). The van der Waals surface area contributed by atoms with Crippen LogP contribution in [0.15, 0.2) is 54.6 Å². The normalized spacial score (nSPS) is 11.6. The zero-order valence-corrected chi connectivity index (χ0v) is 13.2. The van der Waals surface area contributed by atoms with Crippen molar-refractivity contribution in [2.24, 2.45) is 0 Å². The van der Waals surface area contributed by atoms with Gasteiger partial charge in [0.1, 0.15) is 0 Å². The van der Waals surface area contributed by atoms with Gasteiger partial charge in [0.05, 0.1) is 11.0 Å². The van der Waals surface area contributed by atoms with Crippen molar-refractivity contribution in [2.75, 3.05) is 17.6 Å². The van der Waals surface area contributed by atoms with Gasteiger partial charge in [0.25, 0.3) is 0 Å². The zero-order chi connectivity index (χ0) is 15.3. The first kappa shape index (κ1) is 15.6. The summed E-state index contributed by atoms with van der Waals surface area (Å²) in [7, 11) is -2.98. The molecular formula is C17H21NO2S. The van der Waals surface area contributed by atoms with Crippen LogP contribution in [0.25, 0.3) is 11.1 Å². The standard InChI is InChI=1S/C17H21NO2S/c1-14(2)21(19,20)13-12-18-17-10-8-16(9-11-17)15-6-4-3-5-7-15/h3-11,14,18H,12-13H2,1-2H3. The number of rotatable bonds is 6. The predicted octanol–water partition coefficient (Wildman–Crippen LogP) is 3.59. The fourth-order valence-electron chi connectivity index (χ4n) is 1.98. The minimum absolute atomic E-state index is 0.158. The molecule has 2 aromatic carbocycles. The van der Waals surface area contributed by atoms with Crippen molar-refractivity contribution in [3.05, 3.63) is 54.6 Å². The van der Waals surface area contributed by atoms with Crippen LogP contribution in [-0.4, -0.2) is 26.0 Å². The largest absolute Gasteiger partial charge is 0.384 e. The highest BCUT2D eigenvalue weighted by molar-refractivity contribution is 7.92. The van der Waals surface area contributed by atoms with Gasteiger partial charge in [0, 0.05) is 12.2 Å². The number of nitrogens with one attached hydrogen (secondary N) is 1. The molecule has 0 heterocycles. The van der Waals surface area contributed by atoms with Crippen LogP contribution in [0.1, 0.15) is 13.8 Å². The first-order valence-corrected chi connectivity index (χ1v) is 8.81. The predicted molar refractivity (Wildman–Crippen MR) is 89.3 cm³/mol. The molecular weight excluding hydrogens is 282 g/mol. The molecule has 112 valence electrons. The fraction of sp³-hybridized carbons (Fsp3) is 0.294. The molecule has 0 aliphatic carbocycles. The molecule has 1 N–H and O–H groups in total. The lowest BCUT2D eigenvalue weighted by molar-refractivity contribution is 0.588. The Bertz CT molecular complexity index is 662. The van der Waals surface area contributed by atoms with E-state index in [1.165, 1.54) is 5.56 Å². The Kier molecular flexibility index (Phi) is 5.02. The van der Waals surface area contributed by atoms with E-state index in [1.807, 2.05) is 42.5 Å². The lowest BCUT2D eigenvalue weighted by atomic mass is 10.1. The maximum absolute atomic E-state index is 11.7. The zero-order valence-electron chi connectivity index (χ0n) is 12.4. The van der Waals surface area contributed by atoms with E-state index in [2.05, 4.69) is 17.4 Å². The third-order valence-electron chi connectivity index (χ3n) is 3.43. The molecule has 0 saturated heterocycles. The smallest absolute Gasteiger partial charge is 0.154 e. The fourth-order valence-corrected chi connectivity index (χ4v) is 2.84. The van der Waals surface area contributed by atoms with Crippen molar-refractivity contribution in [3.63, 3.8) is 0 Å². The summed E-state index contributed by atoms with van der Waals surface area (Å²) >= 11 is 0. The van der Waals surface area contributed by atoms with Gasteiger partial charge in [-0.2, -0.15) is 0 Å². The van der Waals surface area contributed by atoms with Gasteiger partial charge in [-0.15, -0.1) is 0 Å². The Hall–Kier alpha value is -1.81. The van der Waals surface area contributed by atoms with E-state index in [0.717, 1.165) is 11.3 Å². The number of sulfone groups is 1. The molecule has 0 unspecified atom stereocenters. The Labute approximate surface area is 126 Å². The van der Waals surface area contributed by atoms with Crippen LogP contribution in [-0.2, 0) is 9.84 Å². The van der Waals surface area contributed by atoms with Gasteiger partial charge in [0.15, 0.2) is 9.84 Å². The minimum Gasteiger partial charge on any atom is -0.384 e. The number of hydrogen-bond donors (Lipinski definition) is 1. The van der Waals surface area contributed by atoms with Crippen molar-refractivity contribution in [1.82, 2.24) is 0 Å². The Morgan fingerprint density at radius 3 is 2.05 bits per heavy atom. The van der Waals surface area contributed by atoms with Crippen molar-refractivity contribution in [1.29, 1.82) is 0 Å². The first-order valence-electron chi connectivity index (χ1n) is 7.10. The van der Waals surface area contributed by atoms with Crippen LogP contribution in [0.3, 0.4) is 0 Å². The molecule has 0 amide bonds. The van der Waals surface area contributed by atoms with Crippen LogP contribution < -0.4 is 5.32 Å². The lowest BCUT2D eigenvalue weighted by Crippen LogP contribution is -2.22. The van der Waals surface area contributed by atoms with E-state index in [1.54, 1.807) is 13.8 Å².